The summed E-state index contributed by atoms with van der Waals surface area (Å²) in [7, 11) is 1.57. The van der Waals surface area contributed by atoms with Crippen LogP contribution in [0.15, 0.2) is 30.5 Å². The third kappa shape index (κ3) is 4.57. The van der Waals surface area contributed by atoms with Crippen LogP contribution in [-0.2, 0) is 11.3 Å². The number of aromatic nitrogens is 3. The van der Waals surface area contributed by atoms with Crippen molar-refractivity contribution in [3.63, 3.8) is 0 Å². The van der Waals surface area contributed by atoms with E-state index in [0.29, 0.717) is 24.1 Å². The Hall–Kier alpha value is -2.41. The predicted octanol–water partition coefficient (Wildman–Crippen LogP) is 2.07. The lowest BCUT2D eigenvalue weighted by Gasteiger charge is -2.32. The molecular formula is C17H20ClN5O2. The van der Waals surface area contributed by atoms with Gasteiger partial charge in [-0.25, -0.2) is 4.98 Å². The number of piperidine rings is 1. The number of nitrogens with zero attached hydrogens (tertiary/aromatic N) is 4. The second kappa shape index (κ2) is 8.11. The average molecular weight is 362 g/mol. The first-order chi connectivity index (χ1) is 12.2. The third-order valence-corrected chi connectivity index (χ3v) is 4.41. The van der Waals surface area contributed by atoms with Crippen LogP contribution in [0.25, 0.3) is 0 Å². The number of halogens is 1. The Bertz CT molecular complexity index is 708. The number of hydrogen-bond acceptors (Lipinski definition) is 6. The number of rotatable bonds is 5. The summed E-state index contributed by atoms with van der Waals surface area (Å²) < 4.78 is 5.03. The fourth-order valence-corrected chi connectivity index (χ4v) is 2.95. The molecule has 1 aliphatic rings. The number of pyridine rings is 1. The Balaban J connectivity index is 1.55. The maximum atomic E-state index is 12.5. The monoisotopic (exact) mass is 361 g/mol. The van der Waals surface area contributed by atoms with Gasteiger partial charge in [0.25, 0.3) is 0 Å². The number of carbonyl (C=O) groups is 1. The number of hydrogen-bond donors (Lipinski definition) is 1. The second-order valence-electron chi connectivity index (χ2n) is 5.93. The standard InChI is InChI=1S/C17H20ClN5O2/c1-25-16-7-4-12(9-19-16)10-20-17(24)13-3-2-8-23(11-13)15-6-5-14(18)21-22-15/h4-7,9,13H,2-3,8,10-11H2,1H3,(H,20,24)/t13-/m0/s1. The Morgan fingerprint density at radius 3 is 2.92 bits per heavy atom. The molecule has 25 heavy (non-hydrogen) atoms. The highest BCUT2D eigenvalue weighted by Crippen LogP contribution is 2.22. The van der Waals surface area contributed by atoms with Gasteiger partial charge in [0.1, 0.15) is 0 Å². The molecule has 0 aliphatic carbocycles. The summed E-state index contributed by atoms with van der Waals surface area (Å²) in [5, 5.41) is 11.3. The van der Waals surface area contributed by atoms with Crippen molar-refractivity contribution >= 4 is 23.3 Å². The summed E-state index contributed by atoms with van der Waals surface area (Å²) in [5.74, 6) is 1.28. The van der Waals surface area contributed by atoms with Gasteiger partial charge in [-0.15, -0.1) is 10.2 Å². The summed E-state index contributed by atoms with van der Waals surface area (Å²) >= 11 is 5.78. The minimum absolute atomic E-state index is 0.0439. The summed E-state index contributed by atoms with van der Waals surface area (Å²) in [5.41, 5.74) is 0.936. The molecule has 0 unspecified atom stereocenters. The molecule has 0 radical (unpaired) electrons. The fraction of sp³-hybridized carbons (Fsp3) is 0.412. The van der Waals surface area contributed by atoms with Gasteiger partial charge in [0.15, 0.2) is 11.0 Å². The van der Waals surface area contributed by atoms with Crippen LogP contribution in [0, 0.1) is 5.92 Å². The van der Waals surface area contributed by atoms with Gasteiger partial charge < -0.3 is 15.0 Å². The van der Waals surface area contributed by atoms with Crippen molar-refractivity contribution in [1.29, 1.82) is 0 Å². The van der Waals surface area contributed by atoms with E-state index in [1.165, 1.54) is 0 Å². The SMILES string of the molecule is COc1ccc(CNC(=O)[C@H]2CCCN(c3ccc(Cl)nn3)C2)cn1. The van der Waals surface area contributed by atoms with Crippen molar-refractivity contribution in [3.05, 3.63) is 41.2 Å². The highest BCUT2D eigenvalue weighted by molar-refractivity contribution is 6.29. The van der Waals surface area contributed by atoms with Crippen LogP contribution in [0.3, 0.4) is 0 Å². The topological polar surface area (TPSA) is 80.2 Å². The summed E-state index contributed by atoms with van der Waals surface area (Å²) in [6.07, 6.45) is 3.51. The molecular weight excluding hydrogens is 342 g/mol. The number of nitrogens with one attached hydrogen (secondary N) is 1. The zero-order chi connectivity index (χ0) is 17.6. The molecule has 2 aromatic rings. The van der Waals surface area contributed by atoms with E-state index >= 15 is 0 Å². The van der Waals surface area contributed by atoms with Gasteiger partial charge in [-0.3, -0.25) is 4.79 Å². The molecule has 0 bridgehead atoms. The van der Waals surface area contributed by atoms with Gasteiger partial charge in [-0.1, -0.05) is 17.7 Å². The number of anilines is 1. The molecule has 1 fully saturated rings. The molecule has 2 aromatic heterocycles. The molecule has 1 amide bonds. The molecule has 1 N–H and O–H groups in total. The summed E-state index contributed by atoms with van der Waals surface area (Å²) in [6, 6.07) is 7.22. The van der Waals surface area contributed by atoms with Crippen molar-refractivity contribution in [1.82, 2.24) is 20.5 Å². The molecule has 132 valence electrons. The number of amides is 1. The first-order valence-electron chi connectivity index (χ1n) is 8.16. The molecule has 0 aromatic carbocycles. The summed E-state index contributed by atoms with van der Waals surface area (Å²) in [6.45, 7) is 1.94. The first-order valence-corrected chi connectivity index (χ1v) is 8.54. The van der Waals surface area contributed by atoms with E-state index in [0.717, 1.165) is 30.8 Å². The number of methoxy groups -OCH3 is 1. The minimum Gasteiger partial charge on any atom is -0.481 e. The lowest BCUT2D eigenvalue weighted by molar-refractivity contribution is -0.125. The Kier molecular flexibility index (Phi) is 5.65. The van der Waals surface area contributed by atoms with Gasteiger partial charge in [0.05, 0.1) is 13.0 Å². The van der Waals surface area contributed by atoms with Crippen molar-refractivity contribution in [2.45, 2.75) is 19.4 Å². The zero-order valence-electron chi connectivity index (χ0n) is 14.0. The molecule has 3 rings (SSSR count). The fourth-order valence-electron chi connectivity index (χ4n) is 2.85. The van der Waals surface area contributed by atoms with E-state index in [1.54, 1.807) is 25.4 Å². The Morgan fingerprint density at radius 1 is 1.36 bits per heavy atom. The largest absolute Gasteiger partial charge is 0.481 e. The smallest absolute Gasteiger partial charge is 0.225 e. The van der Waals surface area contributed by atoms with Crippen LogP contribution in [0.1, 0.15) is 18.4 Å². The minimum atomic E-state index is -0.0718. The first kappa shape index (κ1) is 17.4. The van der Waals surface area contributed by atoms with Crippen LogP contribution >= 0.6 is 11.6 Å². The van der Waals surface area contributed by atoms with Crippen LogP contribution in [0.5, 0.6) is 5.88 Å². The van der Waals surface area contributed by atoms with Crippen LogP contribution in [0.4, 0.5) is 5.82 Å². The van der Waals surface area contributed by atoms with E-state index in [4.69, 9.17) is 16.3 Å². The number of ether oxygens (including phenoxy) is 1. The van der Waals surface area contributed by atoms with Crippen LogP contribution in [0.2, 0.25) is 5.15 Å². The molecule has 7 nitrogen and oxygen atoms in total. The molecule has 0 spiro atoms. The molecule has 1 saturated heterocycles. The second-order valence-corrected chi connectivity index (χ2v) is 6.31. The van der Waals surface area contributed by atoms with E-state index in [1.807, 2.05) is 12.1 Å². The maximum absolute atomic E-state index is 12.5. The van der Waals surface area contributed by atoms with Crippen molar-refractivity contribution < 1.29 is 9.53 Å². The molecule has 1 aliphatic heterocycles. The lowest BCUT2D eigenvalue weighted by Crippen LogP contribution is -2.43. The van der Waals surface area contributed by atoms with Gasteiger partial charge >= 0.3 is 0 Å². The van der Waals surface area contributed by atoms with Crippen LogP contribution < -0.4 is 15.0 Å². The predicted molar refractivity (Wildman–Crippen MR) is 94.6 cm³/mol. The Labute approximate surface area is 151 Å². The molecule has 8 heteroatoms. The molecule has 1 atom stereocenters. The highest BCUT2D eigenvalue weighted by atomic mass is 35.5. The normalized spacial score (nSPS) is 17.2. The van der Waals surface area contributed by atoms with E-state index < -0.39 is 0 Å². The Morgan fingerprint density at radius 2 is 2.24 bits per heavy atom. The van der Waals surface area contributed by atoms with Gasteiger partial charge in [-0.2, -0.15) is 0 Å². The summed E-state index contributed by atoms with van der Waals surface area (Å²) in [4.78, 5) is 18.7. The third-order valence-electron chi connectivity index (χ3n) is 4.21. The van der Waals surface area contributed by atoms with E-state index in [9.17, 15) is 4.79 Å². The zero-order valence-corrected chi connectivity index (χ0v) is 14.7. The average Bonchev–Trinajstić information content (AvgIpc) is 2.67. The number of carbonyl (C=O) groups excluding carboxylic acids is 1. The lowest BCUT2D eigenvalue weighted by atomic mass is 9.97. The maximum Gasteiger partial charge on any atom is 0.225 e. The van der Waals surface area contributed by atoms with Gasteiger partial charge in [0.2, 0.25) is 11.8 Å². The van der Waals surface area contributed by atoms with E-state index in [2.05, 4.69) is 25.4 Å². The van der Waals surface area contributed by atoms with Gasteiger partial charge in [-0.05, 0) is 30.5 Å². The van der Waals surface area contributed by atoms with Gasteiger partial charge in [0, 0.05) is 31.9 Å². The highest BCUT2D eigenvalue weighted by Gasteiger charge is 2.26. The van der Waals surface area contributed by atoms with E-state index in [-0.39, 0.29) is 11.8 Å². The molecule has 3 heterocycles. The van der Waals surface area contributed by atoms with Crippen LogP contribution in [-0.4, -0.2) is 41.3 Å². The van der Waals surface area contributed by atoms with Crippen molar-refractivity contribution in [2.24, 2.45) is 5.92 Å². The van der Waals surface area contributed by atoms with Crippen molar-refractivity contribution in [3.8, 4) is 5.88 Å². The quantitative estimate of drug-likeness (QED) is 0.878. The van der Waals surface area contributed by atoms with Crippen molar-refractivity contribution in [2.75, 3.05) is 25.1 Å². The molecule has 0 saturated carbocycles.